The first-order chi connectivity index (χ1) is 8.78. The molecule has 2 aromatic rings. The van der Waals surface area contributed by atoms with E-state index in [9.17, 15) is 23.1 Å². The summed E-state index contributed by atoms with van der Waals surface area (Å²) in [6.45, 7) is 0. The van der Waals surface area contributed by atoms with E-state index in [1.165, 1.54) is 18.2 Å². The number of hydrogen-bond acceptors (Lipinski definition) is 5. The summed E-state index contributed by atoms with van der Waals surface area (Å²) in [4.78, 5) is 13.9. The van der Waals surface area contributed by atoms with Crippen molar-refractivity contribution < 1.29 is 32.6 Å². The highest BCUT2D eigenvalue weighted by Crippen LogP contribution is 2.40. The SMILES string of the molecule is O=C(O)C(O)c1nc2c(SC(F)(F)F)cccc2o1. The number of para-hydroxylation sites is 1. The summed E-state index contributed by atoms with van der Waals surface area (Å²) in [6, 6.07) is 3.83. The molecule has 0 amide bonds. The number of benzene rings is 1. The molecule has 0 saturated carbocycles. The van der Waals surface area contributed by atoms with Crippen LogP contribution in [0.1, 0.15) is 12.0 Å². The van der Waals surface area contributed by atoms with Gasteiger partial charge in [0.15, 0.2) is 5.58 Å². The lowest BCUT2D eigenvalue weighted by molar-refractivity contribution is -0.148. The quantitative estimate of drug-likeness (QED) is 0.846. The van der Waals surface area contributed by atoms with Crippen LogP contribution in [0.3, 0.4) is 0 Å². The molecule has 0 aliphatic rings. The molecule has 0 spiro atoms. The van der Waals surface area contributed by atoms with Gasteiger partial charge >= 0.3 is 11.5 Å². The number of rotatable bonds is 3. The van der Waals surface area contributed by atoms with Gasteiger partial charge in [-0.05, 0) is 23.9 Å². The number of hydrogen-bond donors (Lipinski definition) is 2. The zero-order valence-electron chi connectivity index (χ0n) is 9.01. The van der Waals surface area contributed by atoms with E-state index in [1.807, 2.05) is 0 Å². The number of thioether (sulfide) groups is 1. The third-order valence-corrected chi connectivity index (χ3v) is 2.87. The number of aromatic nitrogens is 1. The van der Waals surface area contributed by atoms with Crippen LogP contribution in [0.2, 0.25) is 0 Å². The van der Waals surface area contributed by atoms with Gasteiger partial charge in [0.05, 0.1) is 0 Å². The van der Waals surface area contributed by atoms with Crippen molar-refractivity contribution in [1.82, 2.24) is 4.98 Å². The molecule has 2 N–H and O–H groups in total. The van der Waals surface area contributed by atoms with Gasteiger partial charge in [-0.2, -0.15) is 13.2 Å². The molecule has 1 aromatic heterocycles. The Morgan fingerprint density at radius 1 is 1.42 bits per heavy atom. The lowest BCUT2D eigenvalue weighted by Gasteiger charge is -2.04. The number of nitrogens with zero attached hydrogens (tertiary/aromatic N) is 1. The summed E-state index contributed by atoms with van der Waals surface area (Å²) >= 11 is -0.388. The smallest absolute Gasteiger partial charge is 0.446 e. The predicted molar refractivity (Wildman–Crippen MR) is 58.5 cm³/mol. The summed E-state index contributed by atoms with van der Waals surface area (Å²) in [5, 5.41) is 17.8. The molecule has 0 aliphatic carbocycles. The Hall–Kier alpha value is -1.74. The molecule has 19 heavy (non-hydrogen) atoms. The van der Waals surface area contributed by atoms with E-state index in [0.717, 1.165) is 0 Å². The highest BCUT2D eigenvalue weighted by molar-refractivity contribution is 8.00. The monoisotopic (exact) mass is 293 g/mol. The summed E-state index contributed by atoms with van der Waals surface area (Å²) in [7, 11) is 0. The number of halogens is 3. The van der Waals surface area contributed by atoms with E-state index in [1.54, 1.807) is 0 Å². The fraction of sp³-hybridized carbons (Fsp3) is 0.200. The molecular formula is C10H6F3NO4S. The number of aliphatic hydroxyl groups is 1. The lowest BCUT2D eigenvalue weighted by Crippen LogP contribution is -2.10. The number of alkyl halides is 3. The molecule has 1 heterocycles. The number of carboxylic acids is 1. The van der Waals surface area contributed by atoms with Gasteiger partial charge in [-0.15, -0.1) is 0 Å². The second-order valence-corrected chi connectivity index (χ2v) is 4.55. The highest BCUT2D eigenvalue weighted by Gasteiger charge is 2.31. The Morgan fingerprint density at radius 3 is 2.68 bits per heavy atom. The normalized spacial score (nSPS) is 13.7. The van der Waals surface area contributed by atoms with Crippen molar-refractivity contribution in [2.24, 2.45) is 0 Å². The van der Waals surface area contributed by atoms with E-state index < -0.39 is 23.5 Å². The zero-order valence-corrected chi connectivity index (χ0v) is 9.83. The van der Waals surface area contributed by atoms with E-state index in [4.69, 9.17) is 9.52 Å². The summed E-state index contributed by atoms with van der Waals surface area (Å²) < 4.78 is 41.9. The third-order valence-electron chi connectivity index (χ3n) is 2.09. The average molecular weight is 293 g/mol. The largest absolute Gasteiger partial charge is 0.479 e. The number of oxazole rings is 1. The molecule has 5 nitrogen and oxygen atoms in total. The molecule has 0 aliphatic heterocycles. The maximum atomic E-state index is 12.3. The molecule has 102 valence electrons. The summed E-state index contributed by atoms with van der Waals surface area (Å²) in [6.07, 6.45) is -2.02. The van der Waals surface area contributed by atoms with Gasteiger partial charge in [0.2, 0.25) is 12.0 Å². The summed E-state index contributed by atoms with van der Waals surface area (Å²) in [5.41, 5.74) is -4.66. The number of fused-ring (bicyclic) bond motifs is 1. The molecule has 0 bridgehead atoms. The molecule has 0 fully saturated rings. The van der Waals surface area contributed by atoms with Crippen LogP contribution in [0, 0.1) is 0 Å². The minimum Gasteiger partial charge on any atom is -0.479 e. The molecule has 0 radical (unpaired) electrons. The third kappa shape index (κ3) is 2.99. The molecule has 1 unspecified atom stereocenters. The first-order valence-corrected chi connectivity index (χ1v) is 5.65. The molecule has 9 heteroatoms. The van der Waals surface area contributed by atoms with E-state index >= 15 is 0 Å². The van der Waals surface area contributed by atoms with Crippen LogP contribution >= 0.6 is 11.8 Å². The Labute approximate surface area is 108 Å². The number of carboxylic acid groups (broad SMARTS) is 1. The Balaban J connectivity index is 2.48. The van der Waals surface area contributed by atoms with Crippen LogP contribution in [0.5, 0.6) is 0 Å². The van der Waals surface area contributed by atoms with Gasteiger partial charge in [-0.1, -0.05) is 6.07 Å². The standard InChI is InChI=1S/C10H6F3NO4S/c11-10(12,13)19-5-3-1-2-4-6(5)14-8(18-4)7(15)9(16)17/h1-3,7,15H,(H,16,17). The van der Waals surface area contributed by atoms with Gasteiger partial charge in [0.25, 0.3) is 0 Å². The van der Waals surface area contributed by atoms with Crippen LogP contribution in [-0.2, 0) is 4.79 Å². The van der Waals surface area contributed by atoms with Crippen LogP contribution in [-0.4, -0.2) is 26.7 Å². The van der Waals surface area contributed by atoms with Crippen molar-refractivity contribution in [3.05, 3.63) is 24.1 Å². The van der Waals surface area contributed by atoms with Crippen molar-refractivity contribution in [3.8, 4) is 0 Å². The number of aliphatic hydroxyl groups excluding tert-OH is 1. The summed E-state index contributed by atoms with van der Waals surface area (Å²) in [5.74, 6) is -2.16. The molecule has 0 saturated heterocycles. The Bertz CT molecular complexity index is 625. The van der Waals surface area contributed by atoms with Crippen molar-refractivity contribution >= 4 is 28.8 Å². The number of aliphatic carboxylic acids is 1. The lowest BCUT2D eigenvalue weighted by atomic mass is 10.3. The molecular weight excluding hydrogens is 287 g/mol. The van der Waals surface area contributed by atoms with E-state index in [0.29, 0.717) is 0 Å². The fourth-order valence-electron chi connectivity index (χ4n) is 1.37. The maximum Gasteiger partial charge on any atom is 0.446 e. The Morgan fingerprint density at radius 2 is 2.11 bits per heavy atom. The van der Waals surface area contributed by atoms with Crippen molar-refractivity contribution in [1.29, 1.82) is 0 Å². The van der Waals surface area contributed by atoms with Gasteiger partial charge in [-0.3, -0.25) is 0 Å². The van der Waals surface area contributed by atoms with Crippen LogP contribution in [0.4, 0.5) is 13.2 Å². The van der Waals surface area contributed by atoms with E-state index in [2.05, 4.69) is 4.98 Å². The van der Waals surface area contributed by atoms with Gasteiger partial charge in [-0.25, -0.2) is 9.78 Å². The molecule has 1 atom stereocenters. The topological polar surface area (TPSA) is 83.6 Å². The number of carbonyl (C=O) groups is 1. The van der Waals surface area contributed by atoms with Crippen molar-refractivity contribution in [2.75, 3.05) is 0 Å². The minimum absolute atomic E-state index is 0.0236. The van der Waals surface area contributed by atoms with Gasteiger partial charge < -0.3 is 14.6 Å². The van der Waals surface area contributed by atoms with Crippen molar-refractivity contribution in [2.45, 2.75) is 16.5 Å². The second-order valence-electron chi connectivity index (χ2n) is 3.44. The molecule has 2 rings (SSSR count). The average Bonchev–Trinajstić information content (AvgIpc) is 2.70. The highest BCUT2D eigenvalue weighted by atomic mass is 32.2. The predicted octanol–water partition coefficient (Wildman–Crippen LogP) is 2.56. The first kappa shape index (κ1) is 13.7. The van der Waals surface area contributed by atoms with E-state index in [-0.39, 0.29) is 27.8 Å². The van der Waals surface area contributed by atoms with Crippen molar-refractivity contribution in [3.63, 3.8) is 0 Å². The Kier molecular flexibility index (Phi) is 3.42. The minimum atomic E-state index is -4.50. The molecule has 1 aromatic carbocycles. The fourth-order valence-corrected chi connectivity index (χ4v) is 2.01. The van der Waals surface area contributed by atoms with Gasteiger partial charge in [0, 0.05) is 4.90 Å². The van der Waals surface area contributed by atoms with Crippen LogP contribution in [0.15, 0.2) is 27.5 Å². The van der Waals surface area contributed by atoms with Crippen LogP contribution in [0.25, 0.3) is 11.1 Å². The zero-order chi connectivity index (χ0) is 14.2. The van der Waals surface area contributed by atoms with Crippen LogP contribution < -0.4 is 0 Å². The second kappa shape index (κ2) is 4.74. The maximum absolute atomic E-state index is 12.3. The van der Waals surface area contributed by atoms with Gasteiger partial charge in [0.1, 0.15) is 5.52 Å². The first-order valence-electron chi connectivity index (χ1n) is 4.84.